The van der Waals surface area contributed by atoms with Gasteiger partial charge in [0.1, 0.15) is 6.04 Å². The molecule has 100 valence electrons. The van der Waals surface area contributed by atoms with E-state index in [1.165, 1.54) is 7.05 Å². The van der Waals surface area contributed by atoms with Crippen molar-refractivity contribution in [2.75, 3.05) is 39.8 Å². The monoisotopic (exact) mass is 255 g/mol. The van der Waals surface area contributed by atoms with E-state index in [4.69, 9.17) is 0 Å². The van der Waals surface area contributed by atoms with E-state index in [0.29, 0.717) is 19.6 Å². The summed E-state index contributed by atoms with van der Waals surface area (Å²) in [4.78, 5) is 13.2. The van der Waals surface area contributed by atoms with E-state index in [2.05, 4.69) is 15.4 Å². The molecule has 1 aliphatic heterocycles. The Morgan fingerprint density at radius 2 is 2.29 bits per heavy atom. The summed E-state index contributed by atoms with van der Waals surface area (Å²) in [5.41, 5.74) is 0. The van der Waals surface area contributed by atoms with Gasteiger partial charge in [-0.2, -0.15) is 0 Å². The van der Waals surface area contributed by atoms with E-state index in [0.717, 1.165) is 0 Å². The number of likely N-dealkylation sites (N-methyl/N-ethyl adjacent to an activating group) is 1. The van der Waals surface area contributed by atoms with Crippen LogP contribution in [-0.4, -0.2) is 63.0 Å². The molecule has 8 heteroatoms. The van der Waals surface area contributed by atoms with Crippen molar-refractivity contribution < 1.29 is 22.7 Å². The van der Waals surface area contributed by atoms with Crippen LogP contribution in [0.15, 0.2) is 0 Å². The fraction of sp³-hybridized carbons (Fsp3) is 0.889. The maximum atomic E-state index is 11.8. The van der Waals surface area contributed by atoms with Crippen LogP contribution in [0.3, 0.4) is 0 Å². The lowest BCUT2D eigenvalue weighted by atomic mass is 10.2. The number of halogens is 3. The van der Waals surface area contributed by atoms with Crippen LogP contribution in [0.25, 0.3) is 0 Å². The van der Waals surface area contributed by atoms with Crippen molar-refractivity contribution in [2.24, 2.45) is 0 Å². The summed E-state index contributed by atoms with van der Waals surface area (Å²) in [6.45, 7) is 1.24. The lowest BCUT2D eigenvalue weighted by Gasteiger charge is -2.34. The van der Waals surface area contributed by atoms with E-state index < -0.39 is 19.0 Å². The minimum atomic E-state index is -4.61. The van der Waals surface area contributed by atoms with E-state index in [1.54, 1.807) is 4.90 Å². The normalized spacial score (nSPS) is 22.5. The summed E-state index contributed by atoms with van der Waals surface area (Å²) < 4.78 is 39.1. The number of nitrogens with zero attached hydrogens (tertiary/aromatic N) is 1. The first kappa shape index (κ1) is 14.2. The Balaban J connectivity index is 2.40. The van der Waals surface area contributed by atoms with Gasteiger partial charge in [0.25, 0.3) is 0 Å². The highest BCUT2D eigenvalue weighted by Crippen LogP contribution is 2.16. The molecule has 1 saturated heterocycles. The van der Waals surface area contributed by atoms with Crippen LogP contribution >= 0.6 is 0 Å². The molecule has 0 aromatic carbocycles. The molecule has 0 saturated carbocycles. The molecule has 2 N–H and O–H groups in total. The van der Waals surface area contributed by atoms with Crippen LogP contribution in [0, 0.1) is 0 Å². The molecule has 1 heterocycles. The first-order valence-electron chi connectivity index (χ1n) is 5.31. The molecule has 1 rings (SSSR count). The number of hydrogen-bond donors (Lipinski definition) is 2. The van der Waals surface area contributed by atoms with Crippen LogP contribution in [0.5, 0.6) is 0 Å². The zero-order valence-corrected chi connectivity index (χ0v) is 9.51. The highest BCUT2D eigenvalue weighted by molar-refractivity contribution is 5.81. The van der Waals surface area contributed by atoms with Gasteiger partial charge in [-0.05, 0) is 0 Å². The van der Waals surface area contributed by atoms with E-state index in [-0.39, 0.29) is 12.5 Å². The second-order valence-electron chi connectivity index (χ2n) is 3.66. The van der Waals surface area contributed by atoms with Gasteiger partial charge in [-0.15, -0.1) is 13.2 Å². The zero-order chi connectivity index (χ0) is 12.9. The third-order valence-corrected chi connectivity index (χ3v) is 2.55. The second kappa shape index (κ2) is 6.18. The molecule has 0 aliphatic carbocycles. The van der Waals surface area contributed by atoms with Gasteiger partial charge in [-0.1, -0.05) is 0 Å². The number of ether oxygens (including phenoxy) is 1. The highest BCUT2D eigenvalue weighted by atomic mass is 19.4. The lowest BCUT2D eigenvalue weighted by Crippen LogP contribution is -2.58. The highest BCUT2D eigenvalue weighted by Gasteiger charge is 2.31. The van der Waals surface area contributed by atoms with Crippen LogP contribution in [-0.2, 0) is 9.53 Å². The summed E-state index contributed by atoms with van der Waals surface area (Å²) in [5.74, 6) is -0.204. The van der Waals surface area contributed by atoms with Gasteiger partial charge < -0.3 is 10.6 Å². The van der Waals surface area contributed by atoms with Gasteiger partial charge in [0, 0.05) is 33.2 Å². The van der Waals surface area contributed by atoms with Gasteiger partial charge in [0.05, 0.1) is 6.61 Å². The number of piperazine rings is 1. The Morgan fingerprint density at radius 3 is 2.88 bits per heavy atom. The minimum absolute atomic E-state index is 0.0826. The molecule has 0 radical (unpaired) electrons. The Kier molecular flexibility index (Phi) is 5.16. The molecule has 1 amide bonds. The fourth-order valence-corrected chi connectivity index (χ4v) is 1.72. The van der Waals surface area contributed by atoms with Gasteiger partial charge in [0.2, 0.25) is 5.91 Å². The third kappa shape index (κ3) is 4.88. The molecule has 0 aromatic heterocycles. The van der Waals surface area contributed by atoms with Crippen molar-refractivity contribution >= 4 is 5.91 Å². The molecule has 1 aliphatic rings. The SMILES string of the molecule is CNC(=O)C1CNCCN1CCOC(F)(F)F. The standard InChI is InChI=1S/C9H16F3N3O2/c1-13-8(16)7-6-14-2-3-15(7)4-5-17-9(10,11)12/h7,14H,2-6H2,1H3,(H,13,16). The molecule has 1 atom stereocenters. The smallest absolute Gasteiger partial charge is 0.358 e. The number of nitrogens with one attached hydrogen (secondary N) is 2. The van der Waals surface area contributed by atoms with Crippen molar-refractivity contribution in [3.8, 4) is 0 Å². The first-order valence-corrected chi connectivity index (χ1v) is 5.31. The summed E-state index contributed by atoms with van der Waals surface area (Å²) in [6.07, 6.45) is -4.61. The predicted molar refractivity (Wildman–Crippen MR) is 54.3 cm³/mol. The van der Waals surface area contributed by atoms with Gasteiger partial charge in [-0.25, -0.2) is 0 Å². The molecular weight excluding hydrogens is 239 g/mol. The van der Waals surface area contributed by atoms with Crippen LogP contribution in [0.1, 0.15) is 0 Å². The Hall–Kier alpha value is -0.860. The largest absolute Gasteiger partial charge is 0.522 e. The summed E-state index contributed by atoms with van der Waals surface area (Å²) in [6, 6.07) is -0.439. The van der Waals surface area contributed by atoms with Crippen molar-refractivity contribution in [3.05, 3.63) is 0 Å². The molecule has 5 nitrogen and oxygen atoms in total. The number of carbonyl (C=O) groups is 1. The molecular formula is C9H16F3N3O2. The van der Waals surface area contributed by atoms with Crippen LogP contribution < -0.4 is 10.6 Å². The van der Waals surface area contributed by atoms with Crippen molar-refractivity contribution in [1.29, 1.82) is 0 Å². The topological polar surface area (TPSA) is 53.6 Å². The fourth-order valence-electron chi connectivity index (χ4n) is 1.72. The van der Waals surface area contributed by atoms with E-state index in [9.17, 15) is 18.0 Å². The van der Waals surface area contributed by atoms with E-state index >= 15 is 0 Å². The number of amides is 1. The van der Waals surface area contributed by atoms with Gasteiger partial charge >= 0.3 is 6.36 Å². The van der Waals surface area contributed by atoms with Crippen LogP contribution in [0.2, 0.25) is 0 Å². The van der Waals surface area contributed by atoms with Gasteiger partial charge in [-0.3, -0.25) is 14.4 Å². The van der Waals surface area contributed by atoms with Crippen molar-refractivity contribution in [2.45, 2.75) is 12.4 Å². The van der Waals surface area contributed by atoms with Crippen LogP contribution in [0.4, 0.5) is 13.2 Å². The number of hydrogen-bond acceptors (Lipinski definition) is 4. The average Bonchev–Trinajstić information content (AvgIpc) is 2.27. The minimum Gasteiger partial charge on any atom is -0.358 e. The quantitative estimate of drug-likeness (QED) is 0.714. The summed E-state index contributed by atoms with van der Waals surface area (Å²) >= 11 is 0. The molecule has 17 heavy (non-hydrogen) atoms. The predicted octanol–water partition coefficient (Wildman–Crippen LogP) is -0.457. The Labute approximate surface area is 97.3 Å². The zero-order valence-electron chi connectivity index (χ0n) is 9.51. The van der Waals surface area contributed by atoms with E-state index in [1.807, 2.05) is 0 Å². The Morgan fingerprint density at radius 1 is 1.59 bits per heavy atom. The lowest BCUT2D eigenvalue weighted by molar-refractivity contribution is -0.325. The van der Waals surface area contributed by atoms with Crippen molar-refractivity contribution in [1.82, 2.24) is 15.5 Å². The Bertz CT molecular complexity index is 260. The maximum Gasteiger partial charge on any atom is 0.522 e. The van der Waals surface area contributed by atoms with Crippen molar-refractivity contribution in [3.63, 3.8) is 0 Å². The third-order valence-electron chi connectivity index (χ3n) is 2.55. The number of rotatable bonds is 4. The summed E-state index contributed by atoms with van der Waals surface area (Å²) in [5, 5.41) is 5.51. The molecule has 0 aromatic rings. The molecule has 0 bridgehead atoms. The summed E-state index contributed by atoms with van der Waals surface area (Å²) in [7, 11) is 1.50. The first-order chi connectivity index (χ1) is 7.94. The molecule has 1 unspecified atom stereocenters. The molecule has 1 fully saturated rings. The molecule has 0 spiro atoms. The number of carbonyl (C=O) groups excluding carboxylic acids is 1. The number of alkyl halides is 3. The maximum absolute atomic E-state index is 11.8. The van der Waals surface area contributed by atoms with Gasteiger partial charge in [0.15, 0.2) is 0 Å². The second-order valence-corrected chi connectivity index (χ2v) is 3.66. The average molecular weight is 255 g/mol.